The van der Waals surface area contributed by atoms with Gasteiger partial charge in [0.1, 0.15) is 0 Å². The fraction of sp³-hybridized carbons (Fsp3) is 0.462. The quantitative estimate of drug-likeness (QED) is 0.779. The van der Waals surface area contributed by atoms with E-state index in [1.54, 1.807) is 25.1 Å². The maximum atomic E-state index is 12.5. The summed E-state index contributed by atoms with van der Waals surface area (Å²) in [5, 5.41) is 2.79. The second-order valence-corrected chi connectivity index (χ2v) is 7.23. The van der Waals surface area contributed by atoms with Crippen molar-refractivity contribution in [3.05, 3.63) is 23.8 Å². The minimum Gasteiger partial charge on any atom is -0.324 e. The number of hydrogen-bond donors (Lipinski definition) is 1. The number of hydrogen-bond acceptors (Lipinski definition) is 3. The average molecular weight is 265 g/mol. The van der Waals surface area contributed by atoms with Crippen LogP contribution in [0.4, 0.5) is 5.69 Å². The van der Waals surface area contributed by atoms with Crippen molar-refractivity contribution in [2.45, 2.75) is 31.1 Å². The van der Waals surface area contributed by atoms with Gasteiger partial charge in [0, 0.05) is 0 Å². The number of nitrogens with one attached hydrogen (secondary N) is 1. The molecule has 3 rings (SSSR count). The normalized spacial score (nSPS) is 23.7. The summed E-state index contributed by atoms with van der Waals surface area (Å²) in [5.41, 5.74) is 0.442. The molecular weight excluding hydrogens is 250 g/mol. The van der Waals surface area contributed by atoms with E-state index in [1.807, 2.05) is 0 Å². The van der Waals surface area contributed by atoms with Gasteiger partial charge in [-0.2, -0.15) is 0 Å². The Morgan fingerprint density at radius 2 is 2.00 bits per heavy atom. The van der Waals surface area contributed by atoms with E-state index in [0.29, 0.717) is 29.0 Å². The van der Waals surface area contributed by atoms with E-state index in [4.69, 9.17) is 0 Å². The number of benzene rings is 1. The van der Waals surface area contributed by atoms with Crippen molar-refractivity contribution in [3.63, 3.8) is 0 Å². The highest BCUT2D eigenvalue weighted by Crippen LogP contribution is 2.47. The van der Waals surface area contributed by atoms with Crippen LogP contribution in [0, 0.1) is 12.3 Å². The fourth-order valence-corrected chi connectivity index (χ4v) is 5.20. The molecule has 1 N–H and O–H groups in total. The zero-order valence-corrected chi connectivity index (χ0v) is 11.0. The summed E-state index contributed by atoms with van der Waals surface area (Å²) in [6, 6.07) is 5.19. The SMILES string of the molecule is Cc1cccc2c1S(=O)(=O)CC1(CCC1)C(=O)N2. The van der Waals surface area contributed by atoms with Crippen LogP contribution in [0.3, 0.4) is 0 Å². The van der Waals surface area contributed by atoms with E-state index in [-0.39, 0.29) is 11.7 Å². The van der Waals surface area contributed by atoms with Crippen LogP contribution in [0.2, 0.25) is 0 Å². The summed E-state index contributed by atoms with van der Waals surface area (Å²) in [7, 11) is -3.39. The number of amides is 1. The molecule has 1 saturated carbocycles. The molecule has 1 amide bonds. The second kappa shape index (κ2) is 3.57. The molecule has 1 fully saturated rings. The Labute approximate surface area is 106 Å². The highest BCUT2D eigenvalue weighted by Gasteiger charge is 2.50. The largest absolute Gasteiger partial charge is 0.324 e. The molecule has 0 radical (unpaired) electrons. The molecule has 1 spiro atoms. The predicted octanol–water partition coefficient (Wildman–Crippen LogP) is 1.89. The summed E-state index contributed by atoms with van der Waals surface area (Å²) in [4.78, 5) is 12.5. The van der Waals surface area contributed by atoms with Gasteiger partial charge in [-0.1, -0.05) is 18.6 Å². The second-order valence-electron chi connectivity index (χ2n) is 5.30. The Morgan fingerprint density at radius 1 is 1.28 bits per heavy atom. The van der Waals surface area contributed by atoms with Crippen LogP contribution in [-0.4, -0.2) is 20.1 Å². The molecule has 0 aromatic heterocycles. The lowest BCUT2D eigenvalue weighted by molar-refractivity contribution is -0.128. The number of rotatable bonds is 0. The van der Waals surface area contributed by atoms with Crippen LogP contribution >= 0.6 is 0 Å². The number of fused-ring (bicyclic) bond motifs is 1. The fourth-order valence-electron chi connectivity index (χ4n) is 2.90. The van der Waals surface area contributed by atoms with E-state index in [2.05, 4.69) is 5.32 Å². The van der Waals surface area contributed by atoms with Gasteiger partial charge in [0.2, 0.25) is 5.91 Å². The van der Waals surface area contributed by atoms with E-state index in [0.717, 1.165) is 6.42 Å². The standard InChI is InChI=1S/C13H15NO3S/c1-9-4-2-5-10-11(9)18(16,17)8-13(6-3-7-13)12(15)14-10/h2,4-5H,3,6-8H2,1H3,(H,14,15). The van der Waals surface area contributed by atoms with Crippen molar-refractivity contribution in [1.82, 2.24) is 0 Å². The van der Waals surface area contributed by atoms with E-state index < -0.39 is 15.3 Å². The molecule has 1 aliphatic carbocycles. The monoisotopic (exact) mass is 265 g/mol. The zero-order valence-electron chi connectivity index (χ0n) is 10.2. The molecule has 0 unspecified atom stereocenters. The molecule has 1 heterocycles. The van der Waals surface area contributed by atoms with Crippen LogP contribution in [0.25, 0.3) is 0 Å². The molecule has 0 atom stereocenters. The molecule has 0 saturated heterocycles. The van der Waals surface area contributed by atoms with E-state index in [9.17, 15) is 13.2 Å². The van der Waals surface area contributed by atoms with Gasteiger partial charge in [-0.25, -0.2) is 8.42 Å². The summed E-state index contributed by atoms with van der Waals surface area (Å²) in [5.74, 6) is -0.189. The van der Waals surface area contributed by atoms with Gasteiger partial charge in [-0.05, 0) is 31.4 Å². The highest BCUT2D eigenvalue weighted by atomic mass is 32.2. The van der Waals surface area contributed by atoms with Crippen molar-refractivity contribution in [2.24, 2.45) is 5.41 Å². The molecule has 1 aromatic carbocycles. The summed E-state index contributed by atoms with van der Waals surface area (Å²) >= 11 is 0. The predicted molar refractivity (Wildman–Crippen MR) is 68.1 cm³/mol. The Kier molecular flexibility index (Phi) is 2.32. The minimum atomic E-state index is -3.39. The van der Waals surface area contributed by atoms with Gasteiger partial charge in [0.25, 0.3) is 0 Å². The third-order valence-electron chi connectivity index (χ3n) is 4.03. The van der Waals surface area contributed by atoms with Crippen molar-refractivity contribution in [2.75, 3.05) is 11.1 Å². The lowest BCUT2D eigenvalue weighted by atomic mass is 9.69. The highest BCUT2D eigenvalue weighted by molar-refractivity contribution is 7.91. The summed E-state index contributed by atoms with van der Waals surface area (Å²) in [6.07, 6.45) is 2.27. The van der Waals surface area contributed by atoms with Crippen LogP contribution in [0.5, 0.6) is 0 Å². The van der Waals surface area contributed by atoms with Gasteiger partial charge in [-0.15, -0.1) is 0 Å². The van der Waals surface area contributed by atoms with Crippen molar-refractivity contribution < 1.29 is 13.2 Å². The Hall–Kier alpha value is -1.36. The molecule has 0 bridgehead atoms. The lowest BCUT2D eigenvalue weighted by Gasteiger charge is -2.38. The number of sulfone groups is 1. The molecular formula is C13H15NO3S. The van der Waals surface area contributed by atoms with Crippen LogP contribution in [0.15, 0.2) is 23.1 Å². The first kappa shape index (κ1) is 11.7. The maximum absolute atomic E-state index is 12.5. The molecule has 18 heavy (non-hydrogen) atoms. The van der Waals surface area contributed by atoms with Crippen LogP contribution < -0.4 is 5.32 Å². The van der Waals surface area contributed by atoms with Crippen molar-refractivity contribution in [3.8, 4) is 0 Å². The molecule has 2 aliphatic rings. The van der Waals surface area contributed by atoms with Gasteiger partial charge in [0.05, 0.1) is 21.8 Å². The Balaban J connectivity index is 2.21. The third kappa shape index (κ3) is 1.50. The lowest BCUT2D eigenvalue weighted by Crippen LogP contribution is -2.45. The van der Waals surface area contributed by atoms with Crippen molar-refractivity contribution in [1.29, 1.82) is 0 Å². The maximum Gasteiger partial charge on any atom is 0.231 e. The Bertz CT molecular complexity index is 630. The number of carbonyl (C=O) groups is 1. The van der Waals surface area contributed by atoms with Gasteiger partial charge >= 0.3 is 0 Å². The van der Waals surface area contributed by atoms with Crippen LogP contribution in [-0.2, 0) is 14.6 Å². The van der Waals surface area contributed by atoms with Crippen LogP contribution in [0.1, 0.15) is 24.8 Å². The molecule has 4 nitrogen and oxygen atoms in total. The van der Waals surface area contributed by atoms with Gasteiger partial charge in [-0.3, -0.25) is 4.79 Å². The number of aryl methyl sites for hydroxylation is 1. The first-order valence-electron chi connectivity index (χ1n) is 6.08. The smallest absolute Gasteiger partial charge is 0.231 e. The van der Waals surface area contributed by atoms with E-state index in [1.165, 1.54) is 0 Å². The Morgan fingerprint density at radius 3 is 2.61 bits per heavy atom. The third-order valence-corrected chi connectivity index (χ3v) is 6.13. The van der Waals surface area contributed by atoms with Gasteiger partial charge < -0.3 is 5.32 Å². The molecule has 96 valence electrons. The summed E-state index contributed by atoms with van der Waals surface area (Å²) in [6.45, 7) is 1.77. The summed E-state index contributed by atoms with van der Waals surface area (Å²) < 4.78 is 25.0. The molecule has 1 aliphatic heterocycles. The average Bonchev–Trinajstić information content (AvgIpc) is 2.31. The van der Waals surface area contributed by atoms with Gasteiger partial charge in [0.15, 0.2) is 9.84 Å². The van der Waals surface area contributed by atoms with Crippen molar-refractivity contribution >= 4 is 21.4 Å². The molecule has 1 aromatic rings. The van der Waals surface area contributed by atoms with E-state index >= 15 is 0 Å². The first-order chi connectivity index (χ1) is 8.45. The zero-order chi connectivity index (χ0) is 13.0. The minimum absolute atomic E-state index is 0.0519. The topological polar surface area (TPSA) is 63.2 Å². The first-order valence-corrected chi connectivity index (χ1v) is 7.74. The number of carbonyl (C=O) groups excluding carboxylic acids is 1. The molecule has 5 heteroatoms. The number of anilines is 1.